The van der Waals surface area contributed by atoms with Crippen LogP contribution in [-0.2, 0) is 0 Å². The summed E-state index contributed by atoms with van der Waals surface area (Å²) in [4.78, 5) is 0. The zero-order chi connectivity index (χ0) is 8.97. The molecule has 2 heteroatoms. The van der Waals surface area contributed by atoms with Gasteiger partial charge in [-0.2, -0.15) is 5.26 Å². The van der Waals surface area contributed by atoms with Crippen LogP contribution in [0.2, 0.25) is 0 Å². The van der Waals surface area contributed by atoms with Crippen LogP contribution in [0.3, 0.4) is 0 Å². The average molecular weight is 160 g/mol. The summed E-state index contributed by atoms with van der Waals surface area (Å²) < 4.78 is 0. The van der Waals surface area contributed by atoms with Crippen molar-refractivity contribution < 1.29 is 0 Å². The van der Waals surface area contributed by atoms with Gasteiger partial charge in [0.05, 0.1) is 6.07 Å². The van der Waals surface area contributed by atoms with Crippen LogP contribution in [0, 0.1) is 25.2 Å². The Morgan fingerprint density at radius 3 is 2.33 bits per heavy atom. The fraction of sp³-hybridized carbons (Fsp3) is 0.300. The molecule has 0 unspecified atom stereocenters. The predicted octanol–water partition coefficient (Wildman–Crippen LogP) is 2.24. The molecule has 0 amide bonds. The number of nitrogens with zero attached hydrogens (tertiary/aromatic N) is 1. The number of aryl methyl sites for hydroxylation is 2. The highest BCUT2D eigenvalue weighted by atomic mass is 14.9. The largest absolute Gasteiger partial charge is 0.372 e. The van der Waals surface area contributed by atoms with Crippen molar-refractivity contribution in [1.29, 1.82) is 5.26 Å². The SMILES string of the molecule is Cc1cc(C)cc(NCC#N)c1. The summed E-state index contributed by atoms with van der Waals surface area (Å²) in [5, 5.41) is 11.4. The molecule has 0 fully saturated rings. The van der Waals surface area contributed by atoms with Crippen molar-refractivity contribution in [2.45, 2.75) is 13.8 Å². The molecule has 62 valence electrons. The molecule has 0 saturated carbocycles. The molecule has 1 aromatic rings. The van der Waals surface area contributed by atoms with Crippen LogP contribution in [0.4, 0.5) is 5.69 Å². The second-order valence-electron chi connectivity index (χ2n) is 2.89. The molecule has 1 aromatic carbocycles. The number of hydrogen-bond donors (Lipinski definition) is 1. The zero-order valence-electron chi connectivity index (χ0n) is 7.39. The number of nitriles is 1. The molecule has 0 saturated heterocycles. The lowest BCUT2D eigenvalue weighted by Crippen LogP contribution is -1.98. The number of anilines is 1. The third-order valence-electron chi connectivity index (χ3n) is 1.59. The van der Waals surface area contributed by atoms with Crippen molar-refractivity contribution in [2.75, 3.05) is 11.9 Å². The van der Waals surface area contributed by atoms with Crippen LogP contribution in [-0.4, -0.2) is 6.54 Å². The fourth-order valence-electron chi connectivity index (χ4n) is 1.22. The van der Waals surface area contributed by atoms with Crippen molar-refractivity contribution in [3.8, 4) is 6.07 Å². The van der Waals surface area contributed by atoms with Crippen LogP contribution >= 0.6 is 0 Å². The van der Waals surface area contributed by atoms with Crippen LogP contribution in [0.15, 0.2) is 18.2 Å². The second-order valence-corrected chi connectivity index (χ2v) is 2.89. The molecule has 0 atom stereocenters. The van der Waals surface area contributed by atoms with E-state index in [1.165, 1.54) is 11.1 Å². The fourth-order valence-corrected chi connectivity index (χ4v) is 1.22. The van der Waals surface area contributed by atoms with E-state index >= 15 is 0 Å². The second kappa shape index (κ2) is 3.77. The summed E-state index contributed by atoms with van der Waals surface area (Å²) in [6.45, 7) is 4.46. The van der Waals surface area contributed by atoms with Crippen molar-refractivity contribution >= 4 is 5.69 Å². The van der Waals surface area contributed by atoms with Crippen molar-refractivity contribution in [3.63, 3.8) is 0 Å². The summed E-state index contributed by atoms with van der Waals surface area (Å²) in [6.07, 6.45) is 0. The number of benzene rings is 1. The minimum absolute atomic E-state index is 0.364. The van der Waals surface area contributed by atoms with Crippen LogP contribution in [0.25, 0.3) is 0 Å². The van der Waals surface area contributed by atoms with Gasteiger partial charge in [-0.1, -0.05) is 6.07 Å². The zero-order valence-corrected chi connectivity index (χ0v) is 7.39. The topological polar surface area (TPSA) is 35.8 Å². The van der Waals surface area contributed by atoms with E-state index in [1.54, 1.807) is 0 Å². The molecule has 12 heavy (non-hydrogen) atoms. The lowest BCUT2D eigenvalue weighted by Gasteiger charge is -2.04. The molecular weight excluding hydrogens is 148 g/mol. The molecule has 0 aliphatic heterocycles. The van der Waals surface area contributed by atoms with Gasteiger partial charge in [-0.3, -0.25) is 0 Å². The summed E-state index contributed by atoms with van der Waals surface area (Å²) in [6, 6.07) is 8.22. The van der Waals surface area contributed by atoms with E-state index in [-0.39, 0.29) is 0 Å². The van der Waals surface area contributed by atoms with Gasteiger partial charge in [0.25, 0.3) is 0 Å². The Morgan fingerprint density at radius 1 is 1.25 bits per heavy atom. The van der Waals surface area contributed by atoms with Crippen molar-refractivity contribution in [2.24, 2.45) is 0 Å². The first-order valence-electron chi connectivity index (χ1n) is 3.91. The Kier molecular flexibility index (Phi) is 2.71. The molecule has 0 aliphatic rings. The average Bonchev–Trinajstić information content (AvgIpc) is 1.99. The molecule has 0 spiro atoms. The maximum absolute atomic E-state index is 8.35. The van der Waals surface area contributed by atoms with Crippen LogP contribution in [0.1, 0.15) is 11.1 Å². The first-order valence-corrected chi connectivity index (χ1v) is 3.91. The van der Waals surface area contributed by atoms with Gasteiger partial charge in [0, 0.05) is 5.69 Å². The molecule has 1 N–H and O–H groups in total. The first-order chi connectivity index (χ1) is 5.72. The van der Waals surface area contributed by atoms with E-state index in [9.17, 15) is 0 Å². The smallest absolute Gasteiger partial charge is 0.103 e. The van der Waals surface area contributed by atoms with E-state index in [0.29, 0.717) is 6.54 Å². The molecule has 0 aliphatic carbocycles. The quantitative estimate of drug-likeness (QED) is 0.673. The van der Waals surface area contributed by atoms with E-state index in [0.717, 1.165) is 5.69 Å². The number of rotatable bonds is 2. The summed E-state index contributed by atoms with van der Waals surface area (Å²) in [5.41, 5.74) is 3.46. The molecule has 0 radical (unpaired) electrons. The molecule has 0 aromatic heterocycles. The number of nitrogens with one attached hydrogen (secondary N) is 1. The molecule has 0 bridgehead atoms. The van der Waals surface area contributed by atoms with Gasteiger partial charge >= 0.3 is 0 Å². The Hall–Kier alpha value is -1.49. The Morgan fingerprint density at radius 2 is 1.83 bits per heavy atom. The standard InChI is InChI=1S/C10H12N2/c1-8-5-9(2)7-10(6-8)12-4-3-11/h5-7,12H,4H2,1-2H3. The molecule has 0 heterocycles. The van der Waals surface area contributed by atoms with Crippen molar-refractivity contribution in [1.82, 2.24) is 0 Å². The first kappa shape index (κ1) is 8.61. The van der Waals surface area contributed by atoms with E-state index in [2.05, 4.69) is 11.4 Å². The lowest BCUT2D eigenvalue weighted by molar-refractivity contribution is 1.29. The molecule has 1 rings (SSSR count). The molecule has 2 nitrogen and oxygen atoms in total. The Balaban J connectivity index is 2.80. The van der Waals surface area contributed by atoms with Crippen LogP contribution in [0.5, 0.6) is 0 Å². The molecular formula is C10H12N2. The van der Waals surface area contributed by atoms with E-state index in [1.807, 2.05) is 32.0 Å². The van der Waals surface area contributed by atoms with Crippen LogP contribution < -0.4 is 5.32 Å². The minimum Gasteiger partial charge on any atom is -0.372 e. The number of hydrogen-bond acceptors (Lipinski definition) is 2. The van der Waals surface area contributed by atoms with E-state index in [4.69, 9.17) is 5.26 Å². The van der Waals surface area contributed by atoms with Gasteiger partial charge in [0.2, 0.25) is 0 Å². The maximum atomic E-state index is 8.35. The summed E-state index contributed by atoms with van der Waals surface area (Å²) in [7, 11) is 0. The van der Waals surface area contributed by atoms with Gasteiger partial charge in [0.15, 0.2) is 0 Å². The Labute approximate surface area is 72.8 Å². The van der Waals surface area contributed by atoms with Gasteiger partial charge in [-0.15, -0.1) is 0 Å². The highest BCUT2D eigenvalue weighted by molar-refractivity contribution is 5.48. The third-order valence-corrected chi connectivity index (χ3v) is 1.59. The minimum atomic E-state index is 0.364. The van der Waals surface area contributed by atoms with Gasteiger partial charge < -0.3 is 5.32 Å². The monoisotopic (exact) mass is 160 g/mol. The predicted molar refractivity (Wildman–Crippen MR) is 50.0 cm³/mol. The van der Waals surface area contributed by atoms with Gasteiger partial charge in [-0.05, 0) is 37.1 Å². The summed E-state index contributed by atoms with van der Waals surface area (Å²) >= 11 is 0. The Bertz CT molecular complexity index is 290. The van der Waals surface area contributed by atoms with Gasteiger partial charge in [-0.25, -0.2) is 0 Å². The van der Waals surface area contributed by atoms with Crippen molar-refractivity contribution in [3.05, 3.63) is 29.3 Å². The normalized spacial score (nSPS) is 9.08. The summed E-state index contributed by atoms with van der Waals surface area (Å²) in [5.74, 6) is 0. The third kappa shape index (κ3) is 2.28. The lowest BCUT2D eigenvalue weighted by atomic mass is 10.1. The van der Waals surface area contributed by atoms with Gasteiger partial charge in [0.1, 0.15) is 6.54 Å². The maximum Gasteiger partial charge on any atom is 0.103 e. The highest BCUT2D eigenvalue weighted by Crippen LogP contribution is 2.12. The van der Waals surface area contributed by atoms with E-state index < -0.39 is 0 Å². The highest BCUT2D eigenvalue weighted by Gasteiger charge is 1.93.